The van der Waals surface area contributed by atoms with Crippen LogP contribution < -0.4 is 16.0 Å². The molecule has 1 fully saturated rings. The first-order chi connectivity index (χ1) is 41.7. The summed E-state index contributed by atoms with van der Waals surface area (Å²) in [7, 11) is 0. The van der Waals surface area contributed by atoms with Crippen LogP contribution >= 0.6 is 0 Å². The van der Waals surface area contributed by atoms with Crippen molar-refractivity contribution in [3.8, 4) is 0 Å². The molecule has 0 radical (unpaired) electrons. The molecule has 1 rings (SSSR count). The highest BCUT2D eigenvalue weighted by Gasteiger charge is 2.33. The number of carbonyl (C=O) groups is 8. The highest BCUT2D eigenvalue weighted by molar-refractivity contribution is 5.89. The van der Waals surface area contributed by atoms with Crippen molar-refractivity contribution in [3.63, 3.8) is 0 Å². The highest BCUT2D eigenvalue weighted by atomic mass is 16.6. The number of urea groups is 1. The molecule has 0 aromatic rings. The highest BCUT2D eigenvalue weighted by Crippen LogP contribution is 2.25. The van der Waals surface area contributed by atoms with Gasteiger partial charge in [0, 0.05) is 97.5 Å². The number of hydrogen-bond acceptors (Lipinski definition) is 18. The van der Waals surface area contributed by atoms with E-state index in [-0.39, 0.29) is 106 Å². The largest absolute Gasteiger partial charge is 0.460 e. The summed E-state index contributed by atoms with van der Waals surface area (Å²) < 4.78 is 33.9. The van der Waals surface area contributed by atoms with Crippen molar-refractivity contribution >= 4 is 47.5 Å². The lowest BCUT2D eigenvalue weighted by molar-refractivity contribution is -0.160. The Bertz CT molecular complexity index is 2200. The minimum absolute atomic E-state index is 0.0267. The van der Waals surface area contributed by atoms with Gasteiger partial charge in [0.25, 0.3) is 0 Å². The van der Waals surface area contributed by atoms with Crippen LogP contribution in [0.4, 0.5) is 4.79 Å². The smallest absolute Gasteiger partial charge is 0.329 e. The monoisotopic (exact) mass is 1290 g/mol. The van der Waals surface area contributed by atoms with Gasteiger partial charge in [-0.1, -0.05) is 88.5 Å². The Kier molecular flexibility index (Phi) is 37.2. The summed E-state index contributed by atoms with van der Waals surface area (Å²) in [6.45, 7) is 50.8. The normalized spacial score (nSPS) is 16.3. The van der Waals surface area contributed by atoms with Gasteiger partial charge < -0.3 is 59.1 Å². The number of nitrogens with zero attached hydrogens (tertiary/aromatic N) is 5. The van der Waals surface area contributed by atoms with Gasteiger partial charge in [-0.15, -0.1) is 0 Å². The van der Waals surface area contributed by atoms with E-state index in [2.05, 4.69) is 84.0 Å². The van der Waals surface area contributed by atoms with Gasteiger partial charge in [-0.2, -0.15) is 0 Å². The van der Waals surface area contributed by atoms with E-state index in [1.165, 1.54) is 4.90 Å². The number of ether oxygens (including phenoxy) is 6. The molecule has 0 saturated carbocycles. The fraction of sp³-hybridized carbons (Fsp3) is 0.884. The molecule has 3 N–H and O–H groups in total. The summed E-state index contributed by atoms with van der Waals surface area (Å²) >= 11 is 0. The van der Waals surface area contributed by atoms with Crippen LogP contribution in [0, 0.1) is 16.2 Å². The zero-order valence-electron chi connectivity index (χ0n) is 61.2. The maximum atomic E-state index is 14.1. The Morgan fingerprint density at radius 2 is 0.923 bits per heavy atom. The SMILES string of the molecule is CCCCC[C@H](NC(=O)CN1CCN(CC(=O)OC(C)(C)C)CCN(CC(C)(C)C)CCN(CC(C)(C)C)CC1)C(=O)CCCOCCOCC(=O)N(CCCC[C@H](NC(=O)N[C@@H](CCC(=O)OC(C)(C)C)C(=O)OC(C)(C)C)C(C)(C)C)CC(=O)OC(C)(C)C. The van der Waals surface area contributed by atoms with Crippen LogP contribution in [-0.2, 0) is 62.0 Å². The molecule has 530 valence electrons. The predicted octanol–water partition coefficient (Wildman–Crippen LogP) is 8.98. The second kappa shape index (κ2) is 40.0. The minimum atomic E-state index is -1.12. The van der Waals surface area contributed by atoms with Crippen molar-refractivity contribution in [1.29, 1.82) is 0 Å². The van der Waals surface area contributed by atoms with Crippen LogP contribution in [0.2, 0.25) is 0 Å². The number of hydrogen-bond donors (Lipinski definition) is 3. The van der Waals surface area contributed by atoms with Gasteiger partial charge in [0.1, 0.15) is 41.6 Å². The Morgan fingerprint density at radius 3 is 1.42 bits per heavy atom. The van der Waals surface area contributed by atoms with Crippen LogP contribution in [0.3, 0.4) is 0 Å². The Balaban J connectivity index is 3.00. The average molecular weight is 1300 g/mol. The quantitative estimate of drug-likeness (QED) is 0.0309. The second-order valence-electron chi connectivity index (χ2n) is 32.3. The van der Waals surface area contributed by atoms with Gasteiger partial charge in [-0.25, -0.2) is 9.59 Å². The van der Waals surface area contributed by atoms with Crippen molar-refractivity contribution < 1.29 is 66.8 Å². The molecule has 91 heavy (non-hydrogen) atoms. The van der Waals surface area contributed by atoms with E-state index < -0.39 is 69.7 Å². The molecule has 1 heterocycles. The molecular formula is C69H130N8O14. The Morgan fingerprint density at radius 1 is 0.451 bits per heavy atom. The zero-order chi connectivity index (χ0) is 69.6. The molecule has 3 atom stereocenters. The summed E-state index contributed by atoms with van der Waals surface area (Å²) in [4.78, 5) is 118. The van der Waals surface area contributed by atoms with E-state index in [0.29, 0.717) is 58.3 Å². The summed E-state index contributed by atoms with van der Waals surface area (Å²) in [6, 6.07) is -2.73. The first kappa shape index (κ1) is 84.5. The van der Waals surface area contributed by atoms with Crippen LogP contribution in [0.15, 0.2) is 0 Å². The van der Waals surface area contributed by atoms with Crippen molar-refractivity contribution in [2.45, 2.75) is 263 Å². The van der Waals surface area contributed by atoms with E-state index in [0.717, 1.165) is 58.5 Å². The lowest BCUT2D eigenvalue weighted by Gasteiger charge is -2.37. The van der Waals surface area contributed by atoms with Gasteiger partial charge >= 0.3 is 29.9 Å². The lowest BCUT2D eigenvalue weighted by atomic mass is 9.84. The molecule has 22 heteroatoms. The molecule has 0 unspecified atom stereocenters. The van der Waals surface area contributed by atoms with E-state index in [4.69, 9.17) is 28.4 Å². The second-order valence-corrected chi connectivity index (χ2v) is 32.3. The number of Topliss-reactive ketones (excluding diaryl/α,β-unsaturated/α-hetero) is 1. The predicted molar refractivity (Wildman–Crippen MR) is 358 cm³/mol. The van der Waals surface area contributed by atoms with Crippen molar-refractivity contribution in [3.05, 3.63) is 0 Å². The van der Waals surface area contributed by atoms with Crippen LogP contribution in [-0.4, -0.2) is 231 Å². The summed E-state index contributed by atoms with van der Waals surface area (Å²) in [5, 5.41) is 8.85. The number of esters is 4. The Labute approximate surface area is 550 Å². The van der Waals surface area contributed by atoms with Crippen LogP contribution in [0.5, 0.6) is 0 Å². The molecule has 1 saturated heterocycles. The number of nitrogens with one attached hydrogen (secondary N) is 3. The third-order valence-corrected chi connectivity index (χ3v) is 14.3. The van der Waals surface area contributed by atoms with Crippen LogP contribution in [0.1, 0.15) is 223 Å². The lowest BCUT2D eigenvalue weighted by Crippen LogP contribution is -2.53. The molecule has 4 amide bonds. The van der Waals surface area contributed by atoms with E-state index in [1.807, 2.05) is 41.5 Å². The number of ketones is 1. The zero-order valence-corrected chi connectivity index (χ0v) is 61.2. The maximum absolute atomic E-state index is 14.1. The molecule has 0 aromatic carbocycles. The third-order valence-electron chi connectivity index (χ3n) is 14.3. The molecule has 0 spiro atoms. The van der Waals surface area contributed by atoms with E-state index >= 15 is 0 Å². The van der Waals surface area contributed by atoms with Crippen molar-refractivity contribution in [2.24, 2.45) is 16.2 Å². The van der Waals surface area contributed by atoms with Gasteiger partial charge in [0.05, 0.1) is 32.3 Å². The summed E-state index contributed by atoms with van der Waals surface area (Å²) in [5.74, 6) is -2.70. The third kappa shape index (κ3) is 44.7. The molecule has 1 aliphatic rings. The maximum Gasteiger partial charge on any atom is 0.329 e. The number of unbranched alkanes of at least 4 members (excludes halogenated alkanes) is 3. The fourth-order valence-electron chi connectivity index (χ4n) is 10.3. The fourth-order valence-corrected chi connectivity index (χ4v) is 10.3. The minimum Gasteiger partial charge on any atom is -0.460 e. The van der Waals surface area contributed by atoms with Crippen LogP contribution in [0.25, 0.3) is 0 Å². The van der Waals surface area contributed by atoms with Gasteiger partial charge in [0.2, 0.25) is 11.8 Å². The van der Waals surface area contributed by atoms with Crippen molar-refractivity contribution in [1.82, 2.24) is 40.4 Å². The molecular weight excluding hydrogens is 1160 g/mol. The average Bonchev–Trinajstić information content (AvgIpc) is 1.09. The van der Waals surface area contributed by atoms with E-state index in [9.17, 15) is 38.4 Å². The van der Waals surface area contributed by atoms with Crippen molar-refractivity contribution in [2.75, 3.05) is 118 Å². The summed E-state index contributed by atoms with van der Waals surface area (Å²) in [5.41, 5.74) is -3.18. The standard InChI is InChI=1S/C69H130N8O14/c1-23-24-25-29-52(70-56(79)46-73-35-36-74(47-59(82)89-67(14,15)16)38-40-76(51-64(5,6)7)42-41-75(39-37-73)50-63(2,3)4)54(78)30-28-43-86-44-45-87-49-57(80)77(48-60(83)90-68(17,18)19)34-27-26-31-55(65(8,9)10)72-62(85)71-53(61(84)91-69(20,21)22)32-33-58(81)88-66(11,12)13/h52-53,55H,23-51H2,1-22H3,(H,70,79)(H2,71,72,85)/t52-,53-,55-/m0/s1. The molecule has 1 aliphatic heterocycles. The first-order valence-electron chi connectivity index (χ1n) is 33.8. The summed E-state index contributed by atoms with van der Waals surface area (Å²) in [6.07, 6.45) is 5.26. The topological polar surface area (TPSA) is 244 Å². The molecule has 0 aliphatic carbocycles. The first-order valence-corrected chi connectivity index (χ1v) is 33.8. The van der Waals surface area contributed by atoms with Gasteiger partial charge in [-0.05, 0) is 138 Å². The number of amides is 4. The van der Waals surface area contributed by atoms with Gasteiger partial charge in [-0.3, -0.25) is 38.6 Å². The van der Waals surface area contributed by atoms with E-state index in [1.54, 1.807) is 62.3 Å². The number of rotatable bonds is 34. The van der Waals surface area contributed by atoms with Gasteiger partial charge in [0.15, 0.2) is 5.78 Å². The molecule has 0 aromatic heterocycles. The molecule has 22 nitrogen and oxygen atoms in total. The molecule has 0 bridgehead atoms. The Hall–Kier alpha value is -4.48. The number of carbonyl (C=O) groups excluding carboxylic acids is 8.